The number of aromatic nitrogens is 2. The Kier molecular flexibility index (Phi) is 5.00. The summed E-state index contributed by atoms with van der Waals surface area (Å²) >= 11 is 6.19. The van der Waals surface area contributed by atoms with Crippen molar-refractivity contribution in [3.05, 3.63) is 69.2 Å². The molecule has 0 aliphatic carbocycles. The van der Waals surface area contributed by atoms with E-state index in [-0.39, 0.29) is 12.2 Å². The molecule has 6 nitrogen and oxygen atoms in total. The SMILES string of the molecule is CCOC(=O)c1c(NCc2cccnc2)c2cccc(Cl)c2[nH]c1=O. The van der Waals surface area contributed by atoms with E-state index >= 15 is 0 Å². The topological polar surface area (TPSA) is 84.1 Å². The lowest BCUT2D eigenvalue weighted by Crippen LogP contribution is -2.23. The number of carbonyl (C=O) groups excluding carboxylic acids is 1. The summed E-state index contributed by atoms with van der Waals surface area (Å²) in [6, 6.07) is 8.93. The molecule has 0 saturated carbocycles. The lowest BCUT2D eigenvalue weighted by Gasteiger charge is -2.14. The zero-order valence-corrected chi connectivity index (χ0v) is 14.3. The second-order valence-corrected chi connectivity index (χ2v) is 5.71. The zero-order valence-electron chi connectivity index (χ0n) is 13.5. The van der Waals surface area contributed by atoms with Crippen molar-refractivity contribution in [3.8, 4) is 0 Å². The maximum Gasteiger partial charge on any atom is 0.345 e. The molecule has 2 N–H and O–H groups in total. The first-order valence-electron chi connectivity index (χ1n) is 7.76. The second kappa shape index (κ2) is 7.36. The standard InChI is InChI=1S/C18H16ClN3O3/c1-2-25-18(24)14-16(21-10-11-5-4-8-20-9-11)12-6-3-7-13(19)15(12)22-17(14)23/h3-9H,2,10H2,1H3,(H2,21,22,23). The average molecular weight is 358 g/mol. The van der Waals surface area contributed by atoms with Crippen molar-refractivity contribution in [3.63, 3.8) is 0 Å². The van der Waals surface area contributed by atoms with Crippen LogP contribution in [0.15, 0.2) is 47.5 Å². The van der Waals surface area contributed by atoms with Crippen molar-refractivity contribution in [2.24, 2.45) is 0 Å². The van der Waals surface area contributed by atoms with Gasteiger partial charge >= 0.3 is 5.97 Å². The monoisotopic (exact) mass is 357 g/mol. The number of nitrogens with one attached hydrogen (secondary N) is 2. The van der Waals surface area contributed by atoms with Gasteiger partial charge in [0.25, 0.3) is 5.56 Å². The maximum atomic E-state index is 12.5. The lowest BCUT2D eigenvalue weighted by molar-refractivity contribution is 0.0525. The van der Waals surface area contributed by atoms with Crippen LogP contribution in [0.3, 0.4) is 0 Å². The maximum absolute atomic E-state index is 12.5. The Morgan fingerprint density at radius 3 is 2.88 bits per heavy atom. The van der Waals surface area contributed by atoms with Crippen molar-refractivity contribution >= 4 is 34.2 Å². The van der Waals surface area contributed by atoms with Gasteiger partial charge in [-0.15, -0.1) is 0 Å². The molecule has 0 spiro atoms. The first-order valence-corrected chi connectivity index (χ1v) is 8.14. The molecule has 7 heteroatoms. The lowest BCUT2D eigenvalue weighted by atomic mass is 10.1. The van der Waals surface area contributed by atoms with Crippen LogP contribution in [0.5, 0.6) is 0 Å². The number of carbonyl (C=O) groups is 1. The minimum absolute atomic E-state index is 0.0690. The van der Waals surface area contributed by atoms with E-state index in [1.165, 1.54) is 0 Å². The van der Waals surface area contributed by atoms with E-state index in [1.54, 1.807) is 37.5 Å². The van der Waals surface area contributed by atoms with Crippen LogP contribution in [0.4, 0.5) is 5.69 Å². The van der Waals surface area contributed by atoms with Crippen LogP contribution < -0.4 is 10.9 Å². The summed E-state index contributed by atoms with van der Waals surface area (Å²) in [6.45, 7) is 2.26. The summed E-state index contributed by atoms with van der Waals surface area (Å²) < 4.78 is 5.04. The molecule has 2 heterocycles. The summed E-state index contributed by atoms with van der Waals surface area (Å²) in [7, 11) is 0. The van der Waals surface area contributed by atoms with E-state index in [1.807, 2.05) is 12.1 Å². The van der Waals surface area contributed by atoms with Crippen molar-refractivity contribution in [1.29, 1.82) is 0 Å². The average Bonchev–Trinajstić information content (AvgIpc) is 2.61. The molecule has 0 radical (unpaired) electrons. The van der Waals surface area contributed by atoms with Gasteiger partial charge in [0.1, 0.15) is 5.56 Å². The van der Waals surface area contributed by atoms with E-state index in [9.17, 15) is 9.59 Å². The Labute approximate surface area is 148 Å². The fourth-order valence-corrected chi connectivity index (χ4v) is 2.78. The highest BCUT2D eigenvalue weighted by Gasteiger charge is 2.21. The molecule has 128 valence electrons. The third-order valence-electron chi connectivity index (χ3n) is 3.67. The molecular formula is C18H16ClN3O3. The Balaban J connectivity index is 2.14. The van der Waals surface area contributed by atoms with Crippen LogP contribution in [-0.4, -0.2) is 22.5 Å². The van der Waals surface area contributed by atoms with Gasteiger partial charge < -0.3 is 15.0 Å². The summed E-state index contributed by atoms with van der Waals surface area (Å²) in [6.07, 6.45) is 3.38. The zero-order chi connectivity index (χ0) is 17.8. The largest absolute Gasteiger partial charge is 0.462 e. The number of benzene rings is 1. The van der Waals surface area contributed by atoms with E-state index in [0.717, 1.165) is 5.56 Å². The quantitative estimate of drug-likeness (QED) is 0.684. The molecule has 0 aliphatic heterocycles. The van der Waals surface area contributed by atoms with E-state index < -0.39 is 11.5 Å². The van der Waals surface area contributed by atoms with E-state index in [2.05, 4.69) is 15.3 Å². The normalized spacial score (nSPS) is 10.6. The first kappa shape index (κ1) is 17.0. The van der Waals surface area contributed by atoms with Gasteiger partial charge in [-0.3, -0.25) is 9.78 Å². The van der Waals surface area contributed by atoms with Gasteiger partial charge in [-0.1, -0.05) is 29.8 Å². The molecule has 0 bridgehead atoms. The molecule has 1 aromatic carbocycles. The number of hydrogen-bond donors (Lipinski definition) is 2. The molecule has 2 aromatic heterocycles. The fraction of sp³-hybridized carbons (Fsp3) is 0.167. The van der Waals surface area contributed by atoms with Gasteiger partial charge in [0.15, 0.2) is 0 Å². The highest BCUT2D eigenvalue weighted by atomic mass is 35.5. The number of pyridine rings is 2. The van der Waals surface area contributed by atoms with Crippen molar-refractivity contribution in [1.82, 2.24) is 9.97 Å². The Morgan fingerprint density at radius 1 is 1.32 bits per heavy atom. The third kappa shape index (κ3) is 3.49. The minimum Gasteiger partial charge on any atom is -0.462 e. The highest BCUT2D eigenvalue weighted by molar-refractivity contribution is 6.35. The molecule has 0 amide bonds. The molecule has 0 unspecified atom stereocenters. The van der Waals surface area contributed by atoms with Crippen molar-refractivity contribution < 1.29 is 9.53 Å². The number of halogens is 1. The van der Waals surface area contributed by atoms with Gasteiger partial charge in [-0.2, -0.15) is 0 Å². The van der Waals surface area contributed by atoms with E-state index in [4.69, 9.17) is 16.3 Å². The van der Waals surface area contributed by atoms with Gasteiger partial charge in [0, 0.05) is 24.3 Å². The number of rotatable bonds is 5. The molecule has 0 aliphatic rings. The van der Waals surface area contributed by atoms with Crippen LogP contribution in [0, 0.1) is 0 Å². The Bertz CT molecular complexity index is 970. The molecule has 0 saturated heterocycles. The van der Waals surface area contributed by atoms with E-state index in [0.29, 0.717) is 28.2 Å². The number of aromatic amines is 1. The molecule has 25 heavy (non-hydrogen) atoms. The predicted molar refractivity (Wildman–Crippen MR) is 97.1 cm³/mol. The number of fused-ring (bicyclic) bond motifs is 1. The van der Waals surface area contributed by atoms with Crippen LogP contribution in [-0.2, 0) is 11.3 Å². The van der Waals surface area contributed by atoms with Gasteiger partial charge in [0.2, 0.25) is 0 Å². The summed E-state index contributed by atoms with van der Waals surface area (Å²) in [4.78, 5) is 31.5. The molecule has 0 fully saturated rings. The predicted octanol–water partition coefficient (Wildman–Crippen LogP) is 3.37. The summed E-state index contributed by atoms with van der Waals surface area (Å²) in [5.74, 6) is -0.681. The van der Waals surface area contributed by atoms with Crippen LogP contribution in [0.1, 0.15) is 22.8 Å². The number of para-hydroxylation sites is 1. The molecule has 0 atom stereocenters. The van der Waals surface area contributed by atoms with Gasteiger partial charge in [-0.05, 0) is 24.6 Å². The van der Waals surface area contributed by atoms with Gasteiger partial charge in [-0.25, -0.2) is 4.79 Å². The second-order valence-electron chi connectivity index (χ2n) is 5.30. The van der Waals surface area contributed by atoms with Crippen molar-refractivity contribution in [2.45, 2.75) is 13.5 Å². The Hall–Kier alpha value is -2.86. The molecule has 3 aromatic rings. The summed E-state index contributed by atoms with van der Waals surface area (Å²) in [5, 5.41) is 4.20. The summed E-state index contributed by atoms with van der Waals surface area (Å²) in [5.41, 5.74) is 1.15. The van der Waals surface area contributed by atoms with Crippen LogP contribution in [0.25, 0.3) is 10.9 Å². The number of esters is 1. The fourth-order valence-electron chi connectivity index (χ4n) is 2.56. The number of anilines is 1. The number of H-pyrrole nitrogens is 1. The number of nitrogens with zero attached hydrogens (tertiary/aromatic N) is 1. The Morgan fingerprint density at radius 2 is 2.16 bits per heavy atom. The molecular weight excluding hydrogens is 342 g/mol. The third-order valence-corrected chi connectivity index (χ3v) is 3.99. The number of hydrogen-bond acceptors (Lipinski definition) is 5. The van der Waals surface area contributed by atoms with Crippen LogP contribution in [0.2, 0.25) is 5.02 Å². The molecule has 3 rings (SSSR count). The van der Waals surface area contributed by atoms with Crippen molar-refractivity contribution in [2.75, 3.05) is 11.9 Å². The van der Waals surface area contributed by atoms with Gasteiger partial charge in [0.05, 0.1) is 22.8 Å². The van der Waals surface area contributed by atoms with Crippen LogP contribution >= 0.6 is 11.6 Å². The number of ether oxygens (including phenoxy) is 1. The first-order chi connectivity index (χ1) is 12.1. The minimum atomic E-state index is -0.681. The highest BCUT2D eigenvalue weighted by Crippen LogP contribution is 2.29. The smallest absolute Gasteiger partial charge is 0.345 e.